The van der Waals surface area contributed by atoms with Crippen molar-refractivity contribution >= 4 is 28.3 Å². The summed E-state index contributed by atoms with van der Waals surface area (Å²) in [7, 11) is -1.71. The van der Waals surface area contributed by atoms with Crippen molar-refractivity contribution < 1.29 is 13.2 Å². The lowest BCUT2D eigenvalue weighted by Crippen LogP contribution is -2.37. The molecule has 25 heavy (non-hydrogen) atoms. The van der Waals surface area contributed by atoms with Crippen LogP contribution in [0.4, 0.5) is 0 Å². The molecule has 0 radical (unpaired) electrons. The Morgan fingerprint density at radius 1 is 1.20 bits per heavy atom. The van der Waals surface area contributed by atoms with Crippen molar-refractivity contribution in [2.24, 2.45) is 0 Å². The van der Waals surface area contributed by atoms with E-state index < -0.39 is 10.0 Å². The van der Waals surface area contributed by atoms with Crippen LogP contribution in [0, 0.1) is 0 Å². The molecule has 1 atom stereocenters. The van der Waals surface area contributed by atoms with Crippen molar-refractivity contribution in [3.63, 3.8) is 0 Å². The van der Waals surface area contributed by atoms with E-state index in [9.17, 15) is 13.2 Å². The normalized spacial score (nSPS) is 17.2. The van der Waals surface area contributed by atoms with E-state index in [0.29, 0.717) is 25.2 Å². The minimum absolute atomic E-state index is 0. The molecule has 1 aliphatic rings. The Morgan fingerprint density at radius 2 is 1.84 bits per heavy atom. The number of carbonyl (C=O) groups is 1. The zero-order chi connectivity index (χ0) is 17.6. The van der Waals surface area contributed by atoms with Gasteiger partial charge in [-0.2, -0.15) is 4.31 Å². The molecule has 2 N–H and O–H groups in total. The van der Waals surface area contributed by atoms with Gasteiger partial charge in [0.05, 0.1) is 4.90 Å². The van der Waals surface area contributed by atoms with Crippen LogP contribution in [0.1, 0.15) is 43.0 Å². The molecule has 0 aromatic heterocycles. The molecule has 1 amide bonds. The molecule has 1 unspecified atom stereocenters. The minimum atomic E-state index is -3.54. The molecule has 0 aliphatic carbocycles. The summed E-state index contributed by atoms with van der Waals surface area (Å²) in [6.45, 7) is 3.55. The van der Waals surface area contributed by atoms with E-state index in [0.717, 1.165) is 25.7 Å². The number of amides is 1. The lowest BCUT2D eigenvalue weighted by Gasteiger charge is -2.20. The van der Waals surface area contributed by atoms with Crippen molar-refractivity contribution in [2.45, 2.75) is 43.5 Å². The fourth-order valence-corrected chi connectivity index (χ4v) is 4.24. The number of nitrogens with zero attached hydrogens (tertiary/aromatic N) is 1. The zero-order valence-corrected chi connectivity index (χ0v) is 16.5. The maximum Gasteiger partial charge on any atom is 0.251 e. The highest BCUT2D eigenvalue weighted by atomic mass is 35.5. The van der Waals surface area contributed by atoms with Crippen molar-refractivity contribution in [1.82, 2.24) is 14.9 Å². The average molecular weight is 390 g/mol. The van der Waals surface area contributed by atoms with Crippen LogP contribution in [0.15, 0.2) is 29.2 Å². The lowest BCUT2D eigenvalue weighted by atomic mass is 10.2. The lowest BCUT2D eigenvalue weighted by molar-refractivity contribution is 0.0950. The molecular formula is C17H28ClN3O3S. The quantitative estimate of drug-likeness (QED) is 0.780. The highest BCUT2D eigenvalue weighted by molar-refractivity contribution is 7.89. The first-order valence-corrected chi connectivity index (χ1v) is 9.95. The molecule has 1 saturated heterocycles. The molecule has 0 saturated carbocycles. The van der Waals surface area contributed by atoms with Crippen LogP contribution in [-0.4, -0.2) is 51.4 Å². The molecule has 0 spiro atoms. The van der Waals surface area contributed by atoms with Gasteiger partial charge in [-0.05, 0) is 45.0 Å². The van der Waals surface area contributed by atoms with Crippen molar-refractivity contribution in [3.05, 3.63) is 29.8 Å². The van der Waals surface area contributed by atoms with Gasteiger partial charge in [0.1, 0.15) is 0 Å². The van der Waals surface area contributed by atoms with Crippen LogP contribution in [0.2, 0.25) is 0 Å². The molecule has 8 heteroatoms. The summed E-state index contributed by atoms with van der Waals surface area (Å²) in [4.78, 5) is 12.4. The minimum Gasteiger partial charge on any atom is -0.350 e. The number of sulfonamides is 1. The van der Waals surface area contributed by atoms with E-state index in [2.05, 4.69) is 10.6 Å². The molecule has 6 nitrogen and oxygen atoms in total. The third kappa shape index (κ3) is 5.95. The van der Waals surface area contributed by atoms with Crippen LogP contribution >= 0.6 is 12.4 Å². The second kappa shape index (κ2) is 10.1. The Kier molecular flexibility index (Phi) is 8.85. The SMILES string of the molecule is CNC(C)CNC(=O)c1cccc(S(=O)(=O)N2CCCCCC2)c1.Cl. The van der Waals surface area contributed by atoms with Crippen LogP contribution in [-0.2, 0) is 10.0 Å². The first kappa shape index (κ1) is 21.9. The van der Waals surface area contributed by atoms with E-state index in [4.69, 9.17) is 0 Å². The Labute approximate surface area is 156 Å². The smallest absolute Gasteiger partial charge is 0.251 e. The number of likely N-dealkylation sites (N-methyl/N-ethyl adjacent to an activating group) is 1. The van der Waals surface area contributed by atoms with Gasteiger partial charge in [0.15, 0.2) is 0 Å². The maximum absolute atomic E-state index is 12.8. The number of halogens is 1. The van der Waals surface area contributed by atoms with Crippen molar-refractivity contribution in [2.75, 3.05) is 26.7 Å². The van der Waals surface area contributed by atoms with Crippen LogP contribution in [0.25, 0.3) is 0 Å². The summed E-state index contributed by atoms with van der Waals surface area (Å²) in [5.74, 6) is -0.259. The fraction of sp³-hybridized carbons (Fsp3) is 0.588. The van der Waals surface area contributed by atoms with Crippen molar-refractivity contribution in [3.8, 4) is 0 Å². The molecule has 1 aliphatic heterocycles. The Bertz CT molecular complexity index is 659. The number of hydrogen-bond donors (Lipinski definition) is 2. The summed E-state index contributed by atoms with van der Waals surface area (Å²) in [5, 5.41) is 5.85. The molecular weight excluding hydrogens is 362 g/mol. The van der Waals surface area contributed by atoms with Crippen molar-refractivity contribution in [1.29, 1.82) is 0 Å². The summed E-state index contributed by atoms with van der Waals surface area (Å²) >= 11 is 0. The number of nitrogens with one attached hydrogen (secondary N) is 2. The molecule has 1 aromatic rings. The summed E-state index contributed by atoms with van der Waals surface area (Å²) in [6.07, 6.45) is 3.92. The van der Waals surface area contributed by atoms with E-state index in [1.54, 1.807) is 22.5 Å². The topological polar surface area (TPSA) is 78.5 Å². The number of hydrogen-bond acceptors (Lipinski definition) is 4. The molecule has 1 fully saturated rings. The average Bonchev–Trinajstić information content (AvgIpc) is 2.89. The number of rotatable bonds is 6. The summed E-state index contributed by atoms with van der Waals surface area (Å²) in [6, 6.07) is 6.45. The van der Waals surface area contributed by atoms with Gasteiger partial charge in [-0.25, -0.2) is 8.42 Å². The Balaban J connectivity index is 0.00000312. The van der Waals surface area contributed by atoms with Gasteiger partial charge in [0.2, 0.25) is 10.0 Å². The van der Waals surface area contributed by atoms with Gasteiger partial charge in [-0.3, -0.25) is 4.79 Å². The molecule has 2 rings (SSSR count). The second-order valence-electron chi connectivity index (χ2n) is 6.25. The van der Waals surface area contributed by atoms with Gasteiger partial charge < -0.3 is 10.6 Å². The van der Waals surface area contributed by atoms with E-state index in [1.165, 1.54) is 6.07 Å². The fourth-order valence-electron chi connectivity index (χ4n) is 2.68. The largest absolute Gasteiger partial charge is 0.350 e. The van der Waals surface area contributed by atoms with Gasteiger partial charge in [-0.15, -0.1) is 12.4 Å². The second-order valence-corrected chi connectivity index (χ2v) is 8.18. The molecule has 142 valence electrons. The zero-order valence-electron chi connectivity index (χ0n) is 14.8. The van der Waals surface area contributed by atoms with Gasteiger partial charge in [0.25, 0.3) is 5.91 Å². The predicted octanol–water partition coefficient (Wildman–Crippen LogP) is 2.01. The van der Waals surface area contributed by atoms with Gasteiger partial charge >= 0.3 is 0 Å². The highest BCUT2D eigenvalue weighted by Gasteiger charge is 2.25. The first-order chi connectivity index (χ1) is 11.4. The molecule has 1 aromatic carbocycles. The summed E-state index contributed by atoms with van der Waals surface area (Å²) in [5.41, 5.74) is 0.370. The monoisotopic (exact) mass is 389 g/mol. The van der Waals surface area contributed by atoms with Crippen LogP contribution in [0.5, 0.6) is 0 Å². The van der Waals surface area contributed by atoms with Crippen LogP contribution in [0.3, 0.4) is 0 Å². The predicted molar refractivity (Wildman–Crippen MR) is 102 cm³/mol. The number of benzene rings is 1. The van der Waals surface area contributed by atoms with E-state index in [1.807, 2.05) is 14.0 Å². The first-order valence-electron chi connectivity index (χ1n) is 8.51. The standard InChI is InChI=1S/C17H27N3O3S.ClH/c1-14(18-2)13-19-17(21)15-8-7-9-16(12-15)24(22,23)20-10-5-3-4-6-11-20;/h7-9,12,14,18H,3-6,10-11,13H2,1-2H3,(H,19,21);1H. The molecule has 1 heterocycles. The maximum atomic E-state index is 12.8. The van der Waals surface area contributed by atoms with Gasteiger partial charge in [0, 0.05) is 31.2 Å². The Morgan fingerprint density at radius 3 is 2.44 bits per heavy atom. The summed E-state index contributed by atoms with van der Waals surface area (Å²) < 4.78 is 27.2. The van der Waals surface area contributed by atoms with Gasteiger partial charge in [-0.1, -0.05) is 18.9 Å². The van der Waals surface area contributed by atoms with Crippen LogP contribution < -0.4 is 10.6 Å². The molecule has 0 bridgehead atoms. The third-order valence-corrected chi connectivity index (χ3v) is 6.26. The van der Waals surface area contributed by atoms with E-state index in [-0.39, 0.29) is 29.3 Å². The third-order valence-electron chi connectivity index (χ3n) is 4.36. The highest BCUT2D eigenvalue weighted by Crippen LogP contribution is 2.21. The van der Waals surface area contributed by atoms with E-state index >= 15 is 0 Å². The Hall–Kier alpha value is -1.15. The number of carbonyl (C=O) groups excluding carboxylic acids is 1.